The molecule has 0 radical (unpaired) electrons. The normalized spacial score (nSPS) is 10.7. The van der Waals surface area contributed by atoms with Gasteiger partial charge in [0.25, 0.3) is 0 Å². The molecule has 0 atom stereocenters. The quantitative estimate of drug-likeness (QED) is 0.775. The van der Waals surface area contributed by atoms with Gasteiger partial charge < -0.3 is 14.4 Å². The number of nitrogens with zero attached hydrogens (tertiary/aromatic N) is 1. The van der Waals surface area contributed by atoms with Crippen LogP contribution in [0.15, 0.2) is 10.8 Å². The number of rotatable bonds is 4. The Kier molecular flexibility index (Phi) is 2.91. The molecule has 1 heterocycles. The highest BCUT2D eigenvalue weighted by atomic mass is 19.3. The lowest BCUT2D eigenvalue weighted by Crippen LogP contribution is -2.04. The fraction of sp³-hybridized carbons (Fsp3) is 0.333. The van der Waals surface area contributed by atoms with Gasteiger partial charge in [-0.2, -0.15) is 8.78 Å². The minimum atomic E-state index is -2.96. The molecule has 0 saturated carbocycles. The molecule has 0 fully saturated rings. The van der Waals surface area contributed by atoms with Crippen molar-refractivity contribution in [2.75, 3.05) is 0 Å². The van der Waals surface area contributed by atoms with E-state index in [-0.39, 0.29) is 11.3 Å². The molecule has 1 rings (SSSR count). The predicted octanol–water partition coefficient (Wildman–Crippen LogP) is 1.11. The van der Waals surface area contributed by atoms with Crippen LogP contribution >= 0.6 is 0 Å². The Balaban J connectivity index is 2.65. The summed E-state index contributed by atoms with van der Waals surface area (Å²) in [6.07, 6.45) is 0.854. The number of carboxylic acid groups (broad SMARTS) is 1. The average molecular weight is 193 g/mol. The van der Waals surface area contributed by atoms with Crippen LogP contribution in [-0.4, -0.2) is 22.8 Å². The standard InChI is InChI=1S/C6H5F2NO4/c7-6(8)12-2-4-3(5(10)11)1-13-9-4/h1,6H,2H2,(H,10,11). The third-order valence-corrected chi connectivity index (χ3v) is 1.22. The highest BCUT2D eigenvalue weighted by molar-refractivity contribution is 5.88. The molecule has 0 aromatic carbocycles. The molecule has 0 aliphatic heterocycles. The van der Waals surface area contributed by atoms with Crippen molar-refractivity contribution in [1.82, 2.24) is 5.16 Å². The summed E-state index contributed by atoms with van der Waals surface area (Å²) in [7, 11) is 0. The molecule has 1 aromatic heterocycles. The molecule has 5 nitrogen and oxygen atoms in total. The Hall–Kier alpha value is -1.50. The van der Waals surface area contributed by atoms with Crippen LogP contribution in [-0.2, 0) is 11.3 Å². The monoisotopic (exact) mass is 193 g/mol. The fourth-order valence-corrected chi connectivity index (χ4v) is 0.680. The Morgan fingerprint density at radius 2 is 2.46 bits per heavy atom. The van der Waals surface area contributed by atoms with E-state index in [9.17, 15) is 13.6 Å². The number of alkyl halides is 2. The minimum Gasteiger partial charge on any atom is -0.478 e. The van der Waals surface area contributed by atoms with Crippen molar-refractivity contribution in [2.45, 2.75) is 13.2 Å². The van der Waals surface area contributed by atoms with Crippen LogP contribution in [0.25, 0.3) is 0 Å². The number of aromatic nitrogens is 1. The van der Waals surface area contributed by atoms with E-state index in [2.05, 4.69) is 14.4 Å². The van der Waals surface area contributed by atoms with Crippen molar-refractivity contribution in [1.29, 1.82) is 0 Å². The first-order chi connectivity index (χ1) is 6.11. The maximum atomic E-state index is 11.5. The molecule has 0 unspecified atom stereocenters. The van der Waals surface area contributed by atoms with E-state index < -0.39 is 19.2 Å². The van der Waals surface area contributed by atoms with Gasteiger partial charge in [-0.15, -0.1) is 0 Å². The van der Waals surface area contributed by atoms with Gasteiger partial charge in [-0.3, -0.25) is 0 Å². The molecule has 0 amide bonds. The molecule has 7 heteroatoms. The van der Waals surface area contributed by atoms with Crippen LogP contribution in [0.4, 0.5) is 8.78 Å². The molecule has 13 heavy (non-hydrogen) atoms. The van der Waals surface area contributed by atoms with Crippen molar-refractivity contribution in [2.24, 2.45) is 0 Å². The van der Waals surface area contributed by atoms with E-state index in [1.54, 1.807) is 0 Å². The molecular formula is C6H5F2NO4. The number of hydrogen-bond acceptors (Lipinski definition) is 4. The summed E-state index contributed by atoms with van der Waals surface area (Å²) >= 11 is 0. The number of carbonyl (C=O) groups is 1. The van der Waals surface area contributed by atoms with Crippen molar-refractivity contribution in [3.63, 3.8) is 0 Å². The molecule has 72 valence electrons. The van der Waals surface area contributed by atoms with Crippen molar-refractivity contribution in [3.8, 4) is 0 Å². The number of aromatic carboxylic acids is 1. The SMILES string of the molecule is O=C(O)c1conc1COC(F)F. The summed E-state index contributed by atoms with van der Waals surface area (Å²) in [5.74, 6) is -1.30. The minimum absolute atomic E-state index is 0.159. The van der Waals surface area contributed by atoms with Gasteiger partial charge in [0.15, 0.2) is 0 Å². The third kappa shape index (κ3) is 2.48. The van der Waals surface area contributed by atoms with Gasteiger partial charge in [-0.1, -0.05) is 5.16 Å². The zero-order valence-corrected chi connectivity index (χ0v) is 6.24. The van der Waals surface area contributed by atoms with E-state index in [4.69, 9.17) is 5.11 Å². The van der Waals surface area contributed by atoms with Crippen molar-refractivity contribution < 1.29 is 27.9 Å². The number of ether oxygens (including phenoxy) is 1. The van der Waals surface area contributed by atoms with Crippen LogP contribution in [0.1, 0.15) is 16.1 Å². The van der Waals surface area contributed by atoms with Crippen molar-refractivity contribution in [3.05, 3.63) is 17.5 Å². The fourth-order valence-electron chi connectivity index (χ4n) is 0.680. The van der Waals surface area contributed by atoms with Gasteiger partial charge >= 0.3 is 12.6 Å². The molecule has 1 aromatic rings. The average Bonchev–Trinajstić information content (AvgIpc) is 2.47. The van der Waals surface area contributed by atoms with Gasteiger partial charge in [0.1, 0.15) is 17.5 Å². The van der Waals surface area contributed by atoms with Gasteiger partial charge in [-0.05, 0) is 0 Å². The topological polar surface area (TPSA) is 72.6 Å². The molecule has 0 aliphatic carbocycles. The largest absolute Gasteiger partial charge is 0.478 e. The number of carboxylic acids is 1. The van der Waals surface area contributed by atoms with E-state index in [1.807, 2.05) is 0 Å². The highest BCUT2D eigenvalue weighted by Crippen LogP contribution is 2.09. The number of hydrogen-bond donors (Lipinski definition) is 1. The second-order valence-electron chi connectivity index (χ2n) is 2.05. The first-order valence-electron chi connectivity index (χ1n) is 3.17. The predicted molar refractivity (Wildman–Crippen MR) is 34.3 cm³/mol. The summed E-state index contributed by atoms with van der Waals surface area (Å²) in [5, 5.41) is 11.7. The zero-order chi connectivity index (χ0) is 9.84. The molecule has 0 spiro atoms. The van der Waals surface area contributed by atoms with Crippen LogP contribution in [0.3, 0.4) is 0 Å². The summed E-state index contributed by atoms with van der Waals surface area (Å²) in [5.41, 5.74) is -0.437. The second kappa shape index (κ2) is 3.94. The van der Waals surface area contributed by atoms with Crippen LogP contribution < -0.4 is 0 Å². The van der Waals surface area contributed by atoms with Crippen LogP contribution in [0.5, 0.6) is 0 Å². The van der Waals surface area contributed by atoms with E-state index >= 15 is 0 Å². The molecule has 0 saturated heterocycles. The highest BCUT2D eigenvalue weighted by Gasteiger charge is 2.16. The summed E-state index contributed by atoms with van der Waals surface area (Å²) in [6, 6.07) is 0. The van der Waals surface area contributed by atoms with Gasteiger partial charge in [0, 0.05) is 0 Å². The lowest BCUT2D eigenvalue weighted by molar-refractivity contribution is -0.138. The summed E-state index contributed by atoms with van der Waals surface area (Å²) < 4.78 is 31.2. The Labute approximate surface area is 70.9 Å². The lowest BCUT2D eigenvalue weighted by Gasteiger charge is -1.98. The molecule has 0 aliphatic rings. The second-order valence-corrected chi connectivity index (χ2v) is 2.05. The first-order valence-corrected chi connectivity index (χ1v) is 3.17. The maximum absolute atomic E-state index is 11.5. The third-order valence-electron chi connectivity index (χ3n) is 1.22. The zero-order valence-electron chi connectivity index (χ0n) is 6.24. The Morgan fingerprint density at radius 1 is 1.77 bits per heavy atom. The summed E-state index contributed by atoms with van der Waals surface area (Å²) in [6.45, 7) is -3.55. The smallest absolute Gasteiger partial charge is 0.345 e. The summed E-state index contributed by atoms with van der Waals surface area (Å²) in [4.78, 5) is 10.4. The molecular weight excluding hydrogens is 188 g/mol. The molecule has 1 N–H and O–H groups in total. The van der Waals surface area contributed by atoms with Crippen molar-refractivity contribution >= 4 is 5.97 Å². The molecule has 0 bridgehead atoms. The van der Waals surface area contributed by atoms with E-state index in [0.29, 0.717) is 0 Å². The van der Waals surface area contributed by atoms with Gasteiger partial charge in [-0.25, -0.2) is 4.79 Å². The number of halogens is 2. The first kappa shape index (κ1) is 9.59. The lowest BCUT2D eigenvalue weighted by atomic mass is 10.3. The van der Waals surface area contributed by atoms with Gasteiger partial charge in [0.2, 0.25) is 0 Å². The van der Waals surface area contributed by atoms with E-state index in [1.165, 1.54) is 0 Å². The van der Waals surface area contributed by atoms with E-state index in [0.717, 1.165) is 6.26 Å². The van der Waals surface area contributed by atoms with Gasteiger partial charge in [0.05, 0.1) is 6.61 Å². The maximum Gasteiger partial charge on any atom is 0.345 e. The van der Waals surface area contributed by atoms with Crippen LogP contribution in [0.2, 0.25) is 0 Å². The Bertz CT molecular complexity index is 299. The van der Waals surface area contributed by atoms with Crippen LogP contribution in [0, 0.1) is 0 Å². The Morgan fingerprint density at radius 3 is 3.00 bits per heavy atom.